The average Bonchev–Trinajstić information content (AvgIpc) is 2.73. The summed E-state index contributed by atoms with van der Waals surface area (Å²) in [4.78, 5) is 21.6. The lowest BCUT2D eigenvalue weighted by atomic mass is 10.2. The molecule has 8 nitrogen and oxygen atoms in total. The molecule has 1 fully saturated rings. The Bertz CT molecular complexity index is 792. The van der Waals surface area contributed by atoms with Crippen molar-refractivity contribution < 1.29 is 19.0 Å². The number of anilines is 2. The molecule has 0 spiro atoms. The fraction of sp³-hybridized carbons (Fsp3) is 0.400. The van der Waals surface area contributed by atoms with Gasteiger partial charge in [0.15, 0.2) is 11.5 Å². The summed E-state index contributed by atoms with van der Waals surface area (Å²) in [6, 6.07) is 7.04. The van der Waals surface area contributed by atoms with Crippen LogP contribution >= 0.6 is 0 Å². The van der Waals surface area contributed by atoms with E-state index in [0.717, 1.165) is 32.0 Å². The minimum atomic E-state index is -0.258. The third-order valence-corrected chi connectivity index (χ3v) is 4.76. The van der Waals surface area contributed by atoms with Crippen LogP contribution in [0.4, 0.5) is 11.5 Å². The van der Waals surface area contributed by atoms with Crippen LogP contribution in [-0.2, 0) is 0 Å². The third kappa shape index (κ3) is 4.28. The van der Waals surface area contributed by atoms with Crippen LogP contribution in [0.5, 0.6) is 17.2 Å². The largest absolute Gasteiger partial charge is 0.493 e. The number of amides is 1. The van der Waals surface area contributed by atoms with Gasteiger partial charge in [-0.25, -0.2) is 4.98 Å². The number of hydrogen-bond donors (Lipinski definition) is 1. The second-order valence-corrected chi connectivity index (χ2v) is 6.56. The molecule has 8 heteroatoms. The Morgan fingerprint density at radius 2 is 1.64 bits per heavy atom. The van der Waals surface area contributed by atoms with Crippen molar-refractivity contribution in [3.63, 3.8) is 0 Å². The second-order valence-electron chi connectivity index (χ2n) is 6.56. The number of aromatic nitrogens is 1. The van der Waals surface area contributed by atoms with E-state index >= 15 is 0 Å². The maximum Gasteiger partial charge on any atom is 0.257 e. The van der Waals surface area contributed by atoms with E-state index in [1.807, 2.05) is 6.07 Å². The maximum absolute atomic E-state index is 12.6. The molecule has 2 heterocycles. The van der Waals surface area contributed by atoms with Crippen molar-refractivity contribution in [2.24, 2.45) is 0 Å². The van der Waals surface area contributed by atoms with Gasteiger partial charge in [-0.1, -0.05) is 0 Å². The number of rotatable bonds is 6. The van der Waals surface area contributed by atoms with Gasteiger partial charge in [-0.3, -0.25) is 4.79 Å². The lowest BCUT2D eigenvalue weighted by molar-refractivity contribution is 0.102. The molecule has 1 amide bonds. The molecule has 0 bridgehead atoms. The quantitative estimate of drug-likeness (QED) is 0.815. The minimum absolute atomic E-state index is 0.258. The highest BCUT2D eigenvalue weighted by molar-refractivity contribution is 6.04. The molecule has 0 unspecified atom stereocenters. The zero-order valence-electron chi connectivity index (χ0n) is 16.7. The topological polar surface area (TPSA) is 76.2 Å². The Morgan fingerprint density at radius 1 is 1.00 bits per heavy atom. The van der Waals surface area contributed by atoms with Crippen molar-refractivity contribution in [1.29, 1.82) is 0 Å². The van der Waals surface area contributed by atoms with Crippen molar-refractivity contribution in [3.05, 3.63) is 36.0 Å². The summed E-state index contributed by atoms with van der Waals surface area (Å²) in [6.07, 6.45) is 1.60. The van der Waals surface area contributed by atoms with E-state index < -0.39 is 0 Å². The van der Waals surface area contributed by atoms with Gasteiger partial charge in [-0.2, -0.15) is 0 Å². The van der Waals surface area contributed by atoms with Gasteiger partial charge in [0.25, 0.3) is 5.91 Å². The summed E-state index contributed by atoms with van der Waals surface area (Å²) in [7, 11) is 6.71. The van der Waals surface area contributed by atoms with E-state index in [-0.39, 0.29) is 5.91 Å². The first-order valence-corrected chi connectivity index (χ1v) is 9.06. The predicted octanol–water partition coefficient (Wildman–Crippen LogP) is 2.11. The Kier molecular flexibility index (Phi) is 6.20. The zero-order valence-corrected chi connectivity index (χ0v) is 16.7. The predicted molar refractivity (Wildman–Crippen MR) is 108 cm³/mol. The minimum Gasteiger partial charge on any atom is -0.493 e. The summed E-state index contributed by atoms with van der Waals surface area (Å²) < 4.78 is 15.9. The molecule has 3 rings (SSSR count). The molecule has 0 atom stereocenters. The first-order valence-electron chi connectivity index (χ1n) is 9.06. The standard InChI is InChI=1S/C20H26N4O4/c1-23-7-9-24(10-8-23)18-6-5-14(13-21-18)20(25)22-15-11-16(26-2)19(28-4)17(12-15)27-3/h5-6,11-13H,7-10H2,1-4H3,(H,22,25). The maximum atomic E-state index is 12.6. The van der Waals surface area contributed by atoms with Crippen molar-refractivity contribution in [2.75, 3.05) is 64.8 Å². The van der Waals surface area contributed by atoms with E-state index in [2.05, 4.69) is 27.1 Å². The SMILES string of the molecule is COc1cc(NC(=O)c2ccc(N3CCN(C)CC3)nc2)cc(OC)c1OC. The number of likely N-dealkylation sites (N-methyl/N-ethyl adjacent to an activating group) is 1. The molecule has 150 valence electrons. The van der Waals surface area contributed by atoms with Crippen molar-refractivity contribution in [3.8, 4) is 17.2 Å². The number of carbonyl (C=O) groups is 1. The number of carbonyl (C=O) groups excluding carboxylic acids is 1. The molecule has 1 aromatic heterocycles. The Morgan fingerprint density at radius 3 is 2.14 bits per heavy atom. The molecule has 0 radical (unpaired) electrons. The zero-order chi connectivity index (χ0) is 20.1. The molecule has 0 saturated carbocycles. The fourth-order valence-corrected chi connectivity index (χ4v) is 3.10. The molecule has 1 aromatic carbocycles. The molecule has 1 aliphatic rings. The van der Waals surface area contributed by atoms with Gasteiger partial charge in [0, 0.05) is 50.2 Å². The Hall–Kier alpha value is -3.00. The second kappa shape index (κ2) is 8.79. The average molecular weight is 386 g/mol. The van der Waals surface area contributed by atoms with Crippen molar-refractivity contribution in [2.45, 2.75) is 0 Å². The number of hydrogen-bond acceptors (Lipinski definition) is 7. The van der Waals surface area contributed by atoms with Crippen molar-refractivity contribution in [1.82, 2.24) is 9.88 Å². The molecular weight excluding hydrogens is 360 g/mol. The number of benzene rings is 1. The Labute approximate surface area is 165 Å². The number of piperazine rings is 1. The summed E-state index contributed by atoms with van der Waals surface area (Å²) in [5.74, 6) is 2.05. The molecule has 1 aliphatic heterocycles. The molecule has 0 aliphatic carbocycles. The van der Waals surface area contributed by atoms with E-state index in [1.165, 1.54) is 21.3 Å². The number of ether oxygens (including phenoxy) is 3. The number of pyridine rings is 1. The van der Waals surface area contributed by atoms with E-state index in [9.17, 15) is 4.79 Å². The monoisotopic (exact) mass is 386 g/mol. The lowest BCUT2D eigenvalue weighted by Gasteiger charge is -2.33. The first kappa shape index (κ1) is 19.8. The van der Waals surface area contributed by atoms with Crippen LogP contribution in [0.25, 0.3) is 0 Å². The summed E-state index contributed by atoms with van der Waals surface area (Å²) >= 11 is 0. The van der Waals surface area contributed by atoms with Crippen LogP contribution in [0.2, 0.25) is 0 Å². The van der Waals surface area contributed by atoms with Crippen LogP contribution in [0.3, 0.4) is 0 Å². The number of methoxy groups -OCH3 is 3. The molecular formula is C20H26N4O4. The molecule has 1 saturated heterocycles. The van der Waals surface area contributed by atoms with Gasteiger partial charge in [-0.15, -0.1) is 0 Å². The van der Waals surface area contributed by atoms with E-state index in [4.69, 9.17) is 14.2 Å². The first-order chi connectivity index (χ1) is 13.5. The van der Waals surface area contributed by atoms with Crippen LogP contribution < -0.4 is 24.4 Å². The highest BCUT2D eigenvalue weighted by Gasteiger charge is 2.17. The normalized spacial score (nSPS) is 14.5. The van der Waals surface area contributed by atoms with E-state index in [1.54, 1.807) is 24.4 Å². The molecule has 2 aromatic rings. The van der Waals surface area contributed by atoms with Gasteiger partial charge >= 0.3 is 0 Å². The van der Waals surface area contributed by atoms with Gasteiger partial charge in [0.05, 0.1) is 26.9 Å². The van der Waals surface area contributed by atoms with Gasteiger partial charge in [-0.05, 0) is 19.2 Å². The summed E-state index contributed by atoms with van der Waals surface area (Å²) in [6.45, 7) is 3.87. The van der Waals surface area contributed by atoms with Crippen LogP contribution in [-0.4, -0.2) is 70.3 Å². The van der Waals surface area contributed by atoms with Crippen molar-refractivity contribution >= 4 is 17.4 Å². The van der Waals surface area contributed by atoms with Crippen LogP contribution in [0.1, 0.15) is 10.4 Å². The van der Waals surface area contributed by atoms with Gasteiger partial charge in [0.2, 0.25) is 5.75 Å². The van der Waals surface area contributed by atoms with Crippen LogP contribution in [0, 0.1) is 0 Å². The summed E-state index contributed by atoms with van der Waals surface area (Å²) in [5.41, 5.74) is 1.02. The molecule has 28 heavy (non-hydrogen) atoms. The third-order valence-electron chi connectivity index (χ3n) is 4.76. The van der Waals surface area contributed by atoms with Gasteiger partial charge in [0.1, 0.15) is 5.82 Å². The highest BCUT2D eigenvalue weighted by Crippen LogP contribution is 2.40. The Balaban J connectivity index is 1.72. The molecule has 1 N–H and O–H groups in total. The number of nitrogens with one attached hydrogen (secondary N) is 1. The smallest absolute Gasteiger partial charge is 0.257 e. The number of nitrogens with zero attached hydrogens (tertiary/aromatic N) is 3. The van der Waals surface area contributed by atoms with Crippen LogP contribution in [0.15, 0.2) is 30.5 Å². The van der Waals surface area contributed by atoms with Gasteiger partial charge < -0.3 is 29.3 Å². The fourth-order valence-electron chi connectivity index (χ4n) is 3.10. The van der Waals surface area contributed by atoms with E-state index in [0.29, 0.717) is 28.5 Å². The summed E-state index contributed by atoms with van der Waals surface area (Å²) in [5, 5.41) is 2.85. The highest BCUT2D eigenvalue weighted by atomic mass is 16.5. The lowest BCUT2D eigenvalue weighted by Crippen LogP contribution is -2.44.